The molecule has 1 aliphatic rings. The van der Waals surface area contributed by atoms with Crippen molar-refractivity contribution in [3.8, 4) is 0 Å². The fourth-order valence-electron chi connectivity index (χ4n) is 5.63. The van der Waals surface area contributed by atoms with Gasteiger partial charge in [0.2, 0.25) is 0 Å². The van der Waals surface area contributed by atoms with E-state index < -0.39 is 14.4 Å². The van der Waals surface area contributed by atoms with Crippen molar-refractivity contribution in [2.24, 2.45) is 0 Å². The summed E-state index contributed by atoms with van der Waals surface area (Å²) in [6.07, 6.45) is 2.07. The number of thiazole rings is 1. The van der Waals surface area contributed by atoms with Crippen molar-refractivity contribution >= 4 is 52.1 Å². The van der Waals surface area contributed by atoms with Crippen LogP contribution in [0.3, 0.4) is 0 Å². The van der Waals surface area contributed by atoms with Gasteiger partial charge in [-0.2, -0.15) is 0 Å². The van der Waals surface area contributed by atoms with Crippen LogP contribution in [0.15, 0.2) is 95.6 Å². The first-order chi connectivity index (χ1) is 18.7. The van der Waals surface area contributed by atoms with E-state index in [4.69, 9.17) is 9.41 Å². The Kier molecular flexibility index (Phi) is 8.10. The summed E-state index contributed by atoms with van der Waals surface area (Å²) >= 11 is 5.08. The van der Waals surface area contributed by atoms with E-state index in [1.165, 1.54) is 20.8 Å². The summed E-state index contributed by atoms with van der Waals surface area (Å²) in [6, 6.07) is 28.9. The molecule has 5 rings (SSSR count). The quantitative estimate of drug-likeness (QED) is 0.229. The van der Waals surface area contributed by atoms with Gasteiger partial charge in [0.15, 0.2) is 0 Å². The minimum absolute atomic E-state index is 0.180. The van der Waals surface area contributed by atoms with Crippen LogP contribution in [0.5, 0.6) is 0 Å². The standard InChI is InChI=1S/C31H33BrN2O3SSi/c1-31(2,3)39(26-10-6-4-7-11-26,27-12-8-5-9-13-27)37-24-19-28(34(21-24)30(35)36)29-33-20-25(38-29)18-22-14-16-23(32)17-15-22/h4-17,20,24,28H,18-19,21H2,1-3H3,(H,35,36)/t24-,28+/m1/s1. The van der Waals surface area contributed by atoms with Gasteiger partial charge in [-0.15, -0.1) is 11.3 Å². The van der Waals surface area contributed by atoms with Gasteiger partial charge in [0.05, 0.1) is 12.1 Å². The topological polar surface area (TPSA) is 62.7 Å². The molecule has 4 aromatic rings. The molecule has 5 nitrogen and oxygen atoms in total. The lowest BCUT2D eigenvalue weighted by atomic mass is 10.1. The van der Waals surface area contributed by atoms with Crippen molar-refractivity contribution in [3.05, 3.63) is 111 Å². The van der Waals surface area contributed by atoms with Crippen LogP contribution in [0.2, 0.25) is 5.04 Å². The summed E-state index contributed by atoms with van der Waals surface area (Å²) in [5.74, 6) is 0. The van der Waals surface area contributed by atoms with E-state index in [1.54, 1.807) is 11.3 Å². The molecule has 0 spiro atoms. The molecule has 1 aliphatic heterocycles. The first-order valence-electron chi connectivity index (χ1n) is 13.1. The molecule has 1 saturated heterocycles. The van der Waals surface area contributed by atoms with Gasteiger partial charge >= 0.3 is 6.09 Å². The number of amides is 1. The summed E-state index contributed by atoms with van der Waals surface area (Å²) < 4.78 is 8.34. The van der Waals surface area contributed by atoms with Gasteiger partial charge in [-0.05, 0) is 33.1 Å². The number of carbonyl (C=O) groups is 1. The van der Waals surface area contributed by atoms with E-state index in [0.29, 0.717) is 13.0 Å². The molecule has 2 atom stereocenters. The molecule has 0 unspecified atom stereocenters. The average molecular weight is 622 g/mol. The van der Waals surface area contributed by atoms with Crippen LogP contribution in [0, 0.1) is 0 Å². The van der Waals surface area contributed by atoms with E-state index in [2.05, 4.69) is 97.4 Å². The summed E-state index contributed by atoms with van der Waals surface area (Å²) in [5.41, 5.74) is 1.20. The van der Waals surface area contributed by atoms with Crippen molar-refractivity contribution < 1.29 is 14.3 Å². The van der Waals surface area contributed by atoms with Crippen LogP contribution in [0.1, 0.15) is 48.7 Å². The van der Waals surface area contributed by atoms with E-state index >= 15 is 0 Å². The van der Waals surface area contributed by atoms with E-state index in [-0.39, 0.29) is 17.2 Å². The highest BCUT2D eigenvalue weighted by atomic mass is 79.9. The average Bonchev–Trinajstić information content (AvgIpc) is 3.56. The predicted molar refractivity (Wildman–Crippen MR) is 164 cm³/mol. The van der Waals surface area contributed by atoms with Crippen LogP contribution in [-0.4, -0.2) is 42.0 Å². The Labute approximate surface area is 243 Å². The third-order valence-corrected chi connectivity index (χ3v) is 14.1. The molecule has 3 aromatic carbocycles. The Morgan fingerprint density at radius 2 is 1.62 bits per heavy atom. The third-order valence-electron chi connectivity index (χ3n) is 7.42. The van der Waals surface area contributed by atoms with Crippen LogP contribution >= 0.6 is 27.3 Å². The molecule has 1 amide bonds. The number of hydrogen-bond acceptors (Lipinski definition) is 4. The SMILES string of the molecule is CC(C)(C)[Si](O[C@@H]1C[C@@H](c2ncc(Cc3ccc(Br)cc3)s2)N(C(=O)O)C1)(c1ccccc1)c1ccccc1. The number of halogens is 1. The highest BCUT2D eigenvalue weighted by molar-refractivity contribution is 9.10. The Morgan fingerprint density at radius 1 is 1.03 bits per heavy atom. The Hall–Kier alpha value is -2.78. The van der Waals surface area contributed by atoms with Crippen molar-refractivity contribution in [1.29, 1.82) is 0 Å². The molecule has 0 saturated carbocycles. The number of likely N-dealkylation sites (tertiary alicyclic amines) is 1. The predicted octanol–water partition coefficient (Wildman–Crippen LogP) is 6.87. The highest BCUT2D eigenvalue weighted by Gasteiger charge is 2.53. The van der Waals surface area contributed by atoms with Gasteiger partial charge in [0, 0.05) is 34.9 Å². The Balaban J connectivity index is 1.46. The molecular weight excluding hydrogens is 588 g/mol. The molecule has 39 heavy (non-hydrogen) atoms. The highest BCUT2D eigenvalue weighted by Crippen LogP contribution is 2.42. The second-order valence-electron chi connectivity index (χ2n) is 11.1. The number of nitrogens with zero attached hydrogens (tertiary/aromatic N) is 2. The maximum absolute atomic E-state index is 12.4. The molecule has 1 fully saturated rings. The smallest absolute Gasteiger partial charge is 0.407 e. The van der Waals surface area contributed by atoms with Crippen LogP contribution < -0.4 is 10.4 Å². The molecule has 1 N–H and O–H groups in total. The summed E-state index contributed by atoms with van der Waals surface area (Å²) in [4.78, 5) is 19.8. The zero-order valence-corrected chi connectivity index (χ0v) is 25.8. The van der Waals surface area contributed by atoms with Crippen molar-refractivity contribution in [1.82, 2.24) is 9.88 Å². The molecule has 0 radical (unpaired) electrons. The van der Waals surface area contributed by atoms with E-state index in [1.807, 2.05) is 30.5 Å². The minimum atomic E-state index is -2.80. The lowest BCUT2D eigenvalue weighted by Crippen LogP contribution is -2.67. The molecule has 202 valence electrons. The van der Waals surface area contributed by atoms with Crippen molar-refractivity contribution in [2.75, 3.05) is 6.54 Å². The van der Waals surface area contributed by atoms with Crippen LogP contribution in [0.4, 0.5) is 4.79 Å². The Morgan fingerprint density at radius 3 is 2.15 bits per heavy atom. The van der Waals surface area contributed by atoms with Crippen LogP contribution in [-0.2, 0) is 10.8 Å². The van der Waals surface area contributed by atoms with E-state index in [0.717, 1.165) is 20.8 Å². The number of carboxylic acid groups (broad SMARTS) is 1. The van der Waals surface area contributed by atoms with Gasteiger partial charge in [0.25, 0.3) is 8.32 Å². The zero-order valence-electron chi connectivity index (χ0n) is 22.4. The van der Waals surface area contributed by atoms with Gasteiger partial charge in [-0.25, -0.2) is 9.78 Å². The van der Waals surface area contributed by atoms with Crippen LogP contribution in [0.25, 0.3) is 0 Å². The summed E-state index contributed by atoms with van der Waals surface area (Å²) in [7, 11) is -2.80. The van der Waals surface area contributed by atoms with Crippen molar-refractivity contribution in [3.63, 3.8) is 0 Å². The van der Waals surface area contributed by atoms with Gasteiger partial charge in [-0.3, -0.25) is 4.90 Å². The van der Waals surface area contributed by atoms with Crippen molar-refractivity contribution in [2.45, 2.75) is 50.8 Å². The number of benzene rings is 3. The number of rotatable bonds is 7. The second kappa shape index (κ2) is 11.4. The molecule has 0 bridgehead atoms. The lowest BCUT2D eigenvalue weighted by molar-refractivity contribution is 0.133. The maximum Gasteiger partial charge on any atom is 0.407 e. The first kappa shape index (κ1) is 27.8. The largest absolute Gasteiger partial charge is 0.465 e. The third kappa shape index (κ3) is 5.75. The number of hydrogen-bond donors (Lipinski definition) is 1. The maximum atomic E-state index is 12.4. The van der Waals surface area contributed by atoms with E-state index in [9.17, 15) is 9.90 Å². The summed E-state index contributed by atoms with van der Waals surface area (Å²) in [6.45, 7) is 7.06. The number of aromatic nitrogens is 1. The zero-order chi connectivity index (χ0) is 27.6. The molecule has 0 aliphatic carbocycles. The monoisotopic (exact) mass is 620 g/mol. The van der Waals surface area contributed by atoms with Gasteiger partial charge in [0.1, 0.15) is 5.01 Å². The fourth-order valence-corrected chi connectivity index (χ4v) is 11.7. The lowest BCUT2D eigenvalue weighted by Gasteiger charge is -2.44. The van der Waals surface area contributed by atoms with Gasteiger partial charge in [-0.1, -0.05) is 109 Å². The molecule has 8 heteroatoms. The first-order valence-corrected chi connectivity index (χ1v) is 16.7. The van der Waals surface area contributed by atoms with Gasteiger partial charge < -0.3 is 9.53 Å². The molecule has 2 heterocycles. The Bertz CT molecular complexity index is 1370. The minimum Gasteiger partial charge on any atom is -0.465 e. The summed E-state index contributed by atoms with van der Waals surface area (Å²) in [5, 5.41) is 13.2. The fraction of sp³-hybridized carbons (Fsp3) is 0.290. The second-order valence-corrected chi connectivity index (χ2v) is 17.4. The molecule has 1 aromatic heterocycles. The molecular formula is C31H33BrN2O3SSi. The normalized spacial score (nSPS) is 17.9.